The van der Waals surface area contributed by atoms with Crippen LogP contribution in [-0.2, 0) is 21.4 Å². The van der Waals surface area contributed by atoms with Crippen molar-refractivity contribution >= 4 is 29.3 Å². The van der Waals surface area contributed by atoms with Crippen molar-refractivity contribution in [1.29, 1.82) is 0 Å². The number of rotatable bonds is 6. The van der Waals surface area contributed by atoms with Gasteiger partial charge >= 0.3 is 5.97 Å². The fraction of sp³-hybridized carbons (Fsp3) is 0.481. The lowest BCUT2D eigenvalue weighted by atomic mass is 9.86. The Morgan fingerprint density at radius 2 is 1.58 bits per heavy atom. The molecule has 0 saturated carbocycles. The molecule has 0 radical (unpaired) electrons. The molecule has 0 aliphatic carbocycles. The van der Waals surface area contributed by atoms with Crippen LogP contribution in [0.1, 0.15) is 79.2 Å². The summed E-state index contributed by atoms with van der Waals surface area (Å²) < 4.78 is 20.5. The quantitative estimate of drug-likeness (QED) is 0.347. The van der Waals surface area contributed by atoms with Gasteiger partial charge in [0.15, 0.2) is 0 Å². The normalized spacial score (nSPS) is 12.6. The summed E-state index contributed by atoms with van der Waals surface area (Å²) in [4.78, 5) is 52.1. The van der Waals surface area contributed by atoms with Crippen LogP contribution in [0.15, 0.2) is 18.2 Å². The molecule has 0 bridgehead atoms. The van der Waals surface area contributed by atoms with Crippen molar-refractivity contribution in [2.75, 3.05) is 5.32 Å². The summed E-state index contributed by atoms with van der Waals surface area (Å²) in [5, 5.41) is 5.24. The zero-order valence-corrected chi connectivity index (χ0v) is 22.7. The number of hydrogen-bond acceptors (Lipinski definition) is 5. The van der Waals surface area contributed by atoms with E-state index < -0.39 is 40.6 Å². The van der Waals surface area contributed by atoms with Crippen LogP contribution in [0.2, 0.25) is 0 Å². The first-order valence-corrected chi connectivity index (χ1v) is 11.7. The number of benzene rings is 1. The number of aryl methyl sites for hydroxylation is 1. The van der Waals surface area contributed by atoms with Gasteiger partial charge in [-0.1, -0.05) is 20.8 Å². The number of hydrogen-bond donors (Lipinski definition) is 2. The molecule has 0 aliphatic heterocycles. The van der Waals surface area contributed by atoms with Crippen molar-refractivity contribution in [2.45, 2.75) is 74.0 Å². The first-order chi connectivity index (χ1) is 16.3. The third kappa shape index (κ3) is 6.38. The van der Waals surface area contributed by atoms with Crippen LogP contribution in [0.3, 0.4) is 0 Å². The minimum atomic E-state index is -1.07. The molecule has 2 rings (SSSR count). The van der Waals surface area contributed by atoms with Crippen LogP contribution in [0.4, 0.5) is 10.1 Å². The second kappa shape index (κ2) is 10.2. The van der Waals surface area contributed by atoms with Crippen molar-refractivity contribution < 1.29 is 28.3 Å². The minimum absolute atomic E-state index is 0.0299. The largest absolute Gasteiger partial charge is 0.458 e. The molecule has 0 spiro atoms. The van der Waals surface area contributed by atoms with E-state index in [1.165, 1.54) is 22.8 Å². The SMILES string of the molecule is Cc1cc(NC(=O)c2c(C)c(C(=O)C(=O)NC(C(=O)OC(C)(C)C)C(C)(C)C)n(C)c2C)ccc1F. The number of halogens is 1. The number of ether oxygens (including phenoxy) is 1. The standard InChI is InChI=1S/C27H36FN3O5/c1-14-13-17(11-12-18(14)28)29-23(33)19-15(2)20(31(10)16(19)3)21(32)24(34)30-22(26(4,5)6)25(35)36-27(7,8)9/h11-13,22H,1-10H3,(H,29,33)(H,30,34). The average molecular weight is 502 g/mol. The number of aromatic nitrogens is 1. The number of carbonyl (C=O) groups is 4. The lowest BCUT2D eigenvalue weighted by molar-refractivity contribution is -0.161. The third-order valence-corrected chi connectivity index (χ3v) is 5.78. The Bertz CT molecular complexity index is 1220. The highest BCUT2D eigenvalue weighted by molar-refractivity contribution is 6.43. The van der Waals surface area contributed by atoms with Gasteiger partial charge < -0.3 is 19.9 Å². The van der Waals surface area contributed by atoms with Crippen molar-refractivity contribution in [3.8, 4) is 0 Å². The molecule has 2 N–H and O–H groups in total. The number of carbonyl (C=O) groups excluding carboxylic acids is 4. The van der Waals surface area contributed by atoms with Crippen molar-refractivity contribution in [3.05, 3.63) is 52.1 Å². The van der Waals surface area contributed by atoms with E-state index in [0.29, 0.717) is 22.5 Å². The van der Waals surface area contributed by atoms with E-state index in [0.717, 1.165) is 0 Å². The number of nitrogens with one attached hydrogen (secondary N) is 2. The van der Waals surface area contributed by atoms with E-state index >= 15 is 0 Å². The van der Waals surface area contributed by atoms with E-state index in [4.69, 9.17) is 4.74 Å². The van der Waals surface area contributed by atoms with Crippen LogP contribution in [-0.4, -0.2) is 39.8 Å². The van der Waals surface area contributed by atoms with Crippen molar-refractivity contribution in [3.63, 3.8) is 0 Å². The van der Waals surface area contributed by atoms with E-state index in [9.17, 15) is 23.6 Å². The molecule has 9 heteroatoms. The lowest BCUT2D eigenvalue weighted by Gasteiger charge is -2.32. The molecule has 196 valence electrons. The molecule has 0 saturated heterocycles. The van der Waals surface area contributed by atoms with Gasteiger partial charge in [0.1, 0.15) is 17.5 Å². The number of ketones is 1. The van der Waals surface area contributed by atoms with Crippen molar-refractivity contribution in [2.24, 2.45) is 12.5 Å². The van der Waals surface area contributed by atoms with Crippen molar-refractivity contribution in [1.82, 2.24) is 9.88 Å². The number of amides is 2. The Morgan fingerprint density at radius 1 is 1.00 bits per heavy atom. The molecular formula is C27H36FN3O5. The monoisotopic (exact) mass is 501 g/mol. The summed E-state index contributed by atoms with van der Waals surface area (Å²) in [6.45, 7) is 15.2. The van der Waals surface area contributed by atoms with Gasteiger partial charge in [0.2, 0.25) is 0 Å². The summed E-state index contributed by atoms with van der Waals surface area (Å²) in [5.74, 6) is -3.39. The Balaban J connectivity index is 2.35. The highest BCUT2D eigenvalue weighted by Crippen LogP contribution is 2.26. The Morgan fingerprint density at radius 3 is 2.08 bits per heavy atom. The summed E-state index contributed by atoms with van der Waals surface area (Å²) in [5.41, 5.74) is 0.327. The fourth-order valence-electron chi connectivity index (χ4n) is 3.84. The van der Waals surface area contributed by atoms with E-state index in [2.05, 4.69) is 10.6 Å². The molecular weight excluding hydrogens is 465 g/mol. The summed E-state index contributed by atoms with van der Waals surface area (Å²) >= 11 is 0. The second-order valence-electron chi connectivity index (χ2n) is 11.0. The smallest absolute Gasteiger partial charge is 0.329 e. The maximum absolute atomic E-state index is 13.6. The molecule has 2 amide bonds. The molecule has 0 aliphatic rings. The van der Waals surface area contributed by atoms with Crippen LogP contribution in [0.5, 0.6) is 0 Å². The van der Waals surface area contributed by atoms with E-state index in [-0.39, 0.29) is 17.1 Å². The molecule has 1 unspecified atom stereocenters. The highest BCUT2D eigenvalue weighted by Gasteiger charge is 2.38. The number of esters is 1. The molecule has 0 fully saturated rings. The van der Waals surface area contributed by atoms with Gasteiger partial charge in [0, 0.05) is 18.4 Å². The van der Waals surface area contributed by atoms with Gasteiger partial charge in [-0.15, -0.1) is 0 Å². The third-order valence-electron chi connectivity index (χ3n) is 5.78. The molecule has 1 aromatic heterocycles. The minimum Gasteiger partial charge on any atom is -0.458 e. The Kier molecular flexibility index (Phi) is 8.18. The summed E-state index contributed by atoms with van der Waals surface area (Å²) in [6.07, 6.45) is 0. The first kappa shape index (κ1) is 28.7. The van der Waals surface area contributed by atoms with Gasteiger partial charge in [-0.25, -0.2) is 9.18 Å². The summed E-state index contributed by atoms with van der Waals surface area (Å²) in [6, 6.07) is 3.13. The molecule has 8 nitrogen and oxygen atoms in total. The van der Waals surface area contributed by atoms with E-state index in [1.807, 2.05) is 0 Å². The fourth-order valence-corrected chi connectivity index (χ4v) is 3.84. The van der Waals surface area contributed by atoms with Gasteiger partial charge in [-0.3, -0.25) is 14.4 Å². The first-order valence-electron chi connectivity index (χ1n) is 11.7. The van der Waals surface area contributed by atoms with Gasteiger partial charge in [0.25, 0.3) is 17.6 Å². The zero-order valence-electron chi connectivity index (χ0n) is 22.7. The Labute approximate surface area is 211 Å². The molecule has 2 aromatic rings. The Hall–Kier alpha value is -3.49. The second-order valence-corrected chi connectivity index (χ2v) is 11.0. The molecule has 1 aromatic carbocycles. The predicted octanol–water partition coefficient (Wildman–Crippen LogP) is 4.40. The zero-order chi connectivity index (χ0) is 27.7. The topological polar surface area (TPSA) is 106 Å². The van der Waals surface area contributed by atoms with Gasteiger partial charge in [0.05, 0.1) is 11.3 Å². The number of nitrogens with zero attached hydrogens (tertiary/aromatic N) is 1. The maximum atomic E-state index is 13.6. The molecule has 1 atom stereocenters. The van der Waals surface area contributed by atoms with Crippen LogP contribution in [0, 0.1) is 32.0 Å². The predicted molar refractivity (Wildman–Crippen MR) is 136 cm³/mol. The molecule has 1 heterocycles. The van der Waals surface area contributed by atoms with Crippen LogP contribution < -0.4 is 10.6 Å². The van der Waals surface area contributed by atoms with Gasteiger partial charge in [-0.05, 0) is 76.3 Å². The maximum Gasteiger partial charge on any atom is 0.329 e. The van der Waals surface area contributed by atoms with Gasteiger partial charge in [-0.2, -0.15) is 0 Å². The van der Waals surface area contributed by atoms with Crippen LogP contribution in [0.25, 0.3) is 0 Å². The highest BCUT2D eigenvalue weighted by atomic mass is 19.1. The molecule has 36 heavy (non-hydrogen) atoms. The summed E-state index contributed by atoms with van der Waals surface area (Å²) in [7, 11) is 1.58. The van der Waals surface area contributed by atoms with E-state index in [1.54, 1.807) is 69.4 Å². The van der Waals surface area contributed by atoms with Crippen LogP contribution >= 0.6 is 0 Å². The number of Topliss-reactive ketones (excluding diaryl/α,β-unsaturated/α-hetero) is 1. The average Bonchev–Trinajstić information content (AvgIpc) is 2.94. The lowest BCUT2D eigenvalue weighted by Crippen LogP contribution is -2.53. The number of anilines is 1.